The van der Waals surface area contributed by atoms with Crippen molar-refractivity contribution in [3.8, 4) is 0 Å². The van der Waals surface area contributed by atoms with Crippen molar-refractivity contribution in [2.75, 3.05) is 30.3 Å². The SMILES string of the molecule is CC1CCN(C(=O)CCN2C(=O)CSc3ccccc32)C(CN)C1. The third kappa shape index (κ3) is 3.59. The van der Waals surface area contributed by atoms with Gasteiger partial charge < -0.3 is 15.5 Å². The highest BCUT2D eigenvalue weighted by molar-refractivity contribution is 8.00. The van der Waals surface area contributed by atoms with Gasteiger partial charge in [-0.3, -0.25) is 9.59 Å². The number of hydrogen-bond donors (Lipinski definition) is 1. The number of carbonyl (C=O) groups is 2. The molecule has 1 aromatic carbocycles. The number of amides is 2. The zero-order valence-electron chi connectivity index (χ0n) is 14.1. The number of rotatable bonds is 4. The molecule has 6 heteroatoms. The number of nitrogens with two attached hydrogens (primary N) is 1. The molecule has 1 saturated heterocycles. The molecule has 1 aromatic rings. The van der Waals surface area contributed by atoms with E-state index in [0.717, 1.165) is 30.0 Å². The highest BCUT2D eigenvalue weighted by Gasteiger charge is 2.30. The Morgan fingerprint density at radius 1 is 1.38 bits per heavy atom. The van der Waals surface area contributed by atoms with Gasteiger partial charge >= 0.3 is 0 Å². The number of nitrogens with zero attached hydrogens (tertiary/aromatic N) is 2. The van der Waals surface area contributed by atoms with Gasteiger partial charge in [0, 0.05) is 37.0 Å². The minimum atomic E-state index is 0.0779. The lowest BCUT2D eigenvalue weighted by Crippen LogP contribution is -2.50. The van der Waals surface area contributed by atoms with Crippen molar-refractivity contribution in [2.24, 2.45) is 11.7 Å². The van der Waals surface area contributed by atoms with Crippen LogP contribution in [0, 0.1) is 5.92 Å². The Morgan fingerprint density at radius 3 is 2.96 bits per heavy atom. The van der Waals surface area contributed by atoms with Gasteiger partial charge in [-0.25, -0.2) is 0 Å². The summed E-state index contributed by atoms with van der Waals surface area (Å²) >= 11 is 1.56. The number of likely N-dealkylation sites (tertiary alicyclic amines) is 1. The number of thioether (sulfide) groups is 1. The van der Waals surface area contributed by atoms with Crippen molar-refractivity contribution in [3.05, 3.63) is 24.3 Å². The number of piperidine rings is 1. The topological polar surface area (TPSA) is 66.6 Å². The summed E-state index contributed by atoms with van der Waals surface area (Å²) in [5.41, 5.74) is 6.78. The summed E-state index contributed by atoms with van der Waals surface area (Å²) in [6.45, 7) is 3.95. The third-order valence-corrected chi connectivity index (χ3v) is 5.98. The molecule has 0 bridgehead atoms. The van der Waals surface area contributed by atoms with Crippen LogP contribution < -0.4 is 10.6 Å². The summed E-state index contributed by atoms with van der Waals surface area (Å²) in [4.78, 5) is 29.7. The Hall–Kier alpha value is -1.53. The molecule has 2 heterocycles. The molecule has 2 unspecified atom stereocenters. The number of anilines is 1. The maximum Gasteiger partial charge on any atom is 0.237 e. The van der Waals surface area contributed by atoms with Crippen molar-refractivity contribution in [1.82, 2.24) is 4.90 Å². The summed E-state index contributed by atoms with van der Waals surface area (Å²) in [5.74, 6) is 1.25. The van der Waals surface area contributed by atoms with Gasteiger partial charge in [0.1, 0.15) is 0 Å². The summed E-state index contributed by atoms with van der Waals surface area (Å²) in [6.07, 6.45) is 2.37. The average molecular weight is 347 g/mol. The Kier molecular flexibility index (Phi) is 5.46. The number of fused-ring (bicyclic) bond motifs is 1. The lowest BCUT2D eigenvalue weighted by atomic mass is 9.92. The molecule has 24 heavy (non-hydrogen) atoms. The zero-order valence-corrected chi connectivity index (χ0v) is 14.9. The molecule has 0 saturated carbocycles. The highest BCUT2D eigenvalue weighted by Crippen LogP contribution is 2.35. The monoisotopic (exact) mass is 347 g/mol. The molecule has 3 rings (SSSR count). The maximum absolute atomic E-state index is 12.7. The molecule has 0 spiro atoms. The summed E-state index contributed by atoms with van der Waals surface area (Å²) in [5, 5.41) is 0. The molecular formula is C18H25N3O2S. The van der Waals surface area contributed by atoms with Crippen molar-refractivity contribution in [1.29, 1.82) is 0 Å². The molecule has 2 N–H and O–H groups in total. The maximum atomic E-state index is 12.7. The van der Waals surface area contributed by atoms with E-state index in [2.05, 4.69) is 6.92 Å². The second-order valence-corrected chi connectivity index (χ2v) is 7.68. The number of hydrogen-bond acceptors (Lipinski definition) is 4. The lowest BCUT2D eigenvalue weighted by Gasteiger charge is -2.38. The first kappa shape index (κ1) is 17.3. The predicted octanol–water partition coefficient (Wildman–Crippen LogP) is 2.10. The van der Waals surface area contributed by atoms with Crippen LogP contribution in [0.25, 0.3) is 0 Å². The Labute approximate surface area is 147 Å². The molecule has 2 aliphatic rings. The fraction of sp³-hybridized carbons (Fsp3) is 0.556. The van der Waals surface area contributed by atoms with Crippen molar-refractivity contribution in [2.45, 2.75) is 37.1 Å². The third-order valence-electron chi connectivity index (χ3n) is 4.93. The molecule has 130 valence electrons. The second-order valence-electron chi connectivity index (χ2n) is 6.66. The minimum absolute atomic E-state index is 0.0779. The Bertz CT molecular complexity index is 622. The van der Waals surface area contributed by atoms with Gasteiger partial charge in [0.2, 0.25) is 11.8 Å². The first-order valence-corrected chi connectivity index (χ1v) is 9.60. The van der Waals surface area contributed by atoms with Crippen LogP contribution in [0.4, 0.5) is 5.69 Å². The van der Waals surface area contributed by atoms with Crippen LogP contribution in [0.2, 0.25) is 0 Å². The molecule has 0 radical (unpaired) electrons. The van der Waals surface area contributed by atoms with Gasteiger partial charge in [-0.05, 0) is 30.9 Å². The fourth-order valence-corrected chi connectivity index (χ4v) is 4.49. The van der Waals surface area contributed by atoms with Gasteiger partial charge in [-0.1, -0.05) is 19.1 Å². The predicted molar refractivity (Wildman–Crippen MR) is 97.1 cm³/mol. The summed E-state index contributed by atoms with van der Waals surface area (Å²) in [6, 6.07) is 8.03. The minimum Gasteiger partial charge on any atom is -0.338 e. The van der Waals surface area contributed by atoms with Gasteiger partial charge in [-0.15, -0.1) is 11.8 Å². The van der Waals surface area contributed by atoms with Gasteiger partial charge in [-0.2, -0.15) is 0 Å². The van der Waals surface area contributed by atoms with E-state index in [9.17, 15) is 9.59 Å². The highest BCUT2D eigenvalue weighted by atomic mass is 32.2. The standard InChI is InChI=1S/C18H25N3O2S/c1-13-6-8-20(14(10-13)11-19)17(22)7-9-21-15-4-2-3-5-16(15)24-12-18(21)23/h2-5,13-14H,6-12,19H2,1H3. The molecule has 0 aromatic heterocycles. The molecular weight excluding hydrogens is 322 g/mol. The van der Waals surface area contributed by atoms with E-state index < -0.39 is 0 Å². The zero-order chi connectivity index (χ0) is 17.1. The summed E-state index contributed by atoms with van der Waals surface area (Å²) < 4.78 is 0. The van der Waals surface area contributed by atoms with Crippen LogP contribution in [-0.2, 0) is 9.59 Å². The first-order chi connectivity index (χ1) is 11.6. The van der Waals surface area contributed by atoms with E-state index in [4.69, 9.17) is 5.73 Å². The van der Waals surface area contributed by atoms with E-state index in [0.29, 0.717) is 31.2 Å². The lowest BCUT2D eigenvalue weighted by molar-refractivity contribution is -0.135. The van der Waals surface area contributed by atoms with Crippen LogP contribution in [-0.4, -0.2) is 48.1 Å². The quantitative estimate of drug-likeness (QED) is 0.906. The number of benzene rings is 1. The number of para-hydroxylation sites is 1. The van der Waals surface area contributed by atoms with Crippen molar-refractivity contribution < 1.29 is 9.59 Å². The molecule has 2 atom stereocenters. The smallest absolute Gasteiger partial charge is 0.237 e. The molecule has 5 nitrogen and oxygen atoms in total. The average Bonchev–Trinajstić information content (AvgIpc) is 2.60. The normalized spacial score (nSPS) is 24.0. The largest absolute Gasteiger partial charge is 0.338 e. The van der Waals surface area contributed by atoms with Crippen LogP contribution in [0.1, 0.15) is 26.2 Å². The van der Waals surface area contributed by atoms with Crippen LogP contribution >= 0.6 is 11.8 Å². The van der Waals surface area contributed by atoms with Crippen molar-refractivity contribution in [3.63, 3.8) is 0 Å². The van der Waals surface area contributed by atoms with E-state index in [1.165, 1.54) is 0 Å². The van der Waals surface area contributed by atoms with Gasteiger partial charge in [0.25, 0.3) is 0 Å². The van der Waals surface area contributed by atoms with E-state index in [1.54, 1.807) is 16.7 Å². The molecule has 0 aliphatic carbocycles. The van der Waals surface area contributed by atoms with Crippen LogP contribution in [0.15, 0.2) is 29.2 Å². The fourth-order valence-electron chi connectivity index (χ4n) is 3.55. The second kappa shape index (κ2) is 7.57. The molecule has 2 aliphatic heterocycles. The van der Waals surface area contributed by atoms with E-state index in [-0.39, 0.29) is 17.9 Å². The Morgan fingerprint density at radius 2 is 2.17 bits per heavy atom. The summed E-state index contributed by atoms with van der Waals surface area (Å²) in [7, 11) is 0. The van der Waals surface area contributed by atoms with Crippen molar-refractivity contribution >= 4 is 29.3 Å². The Balaban J connectivity index is 1.65. The number of carbonyl (C=O) groups excluding carboxylic acids is 2. The van der Waals surface area contributed by atoms with E-state index in [1.807, 2.05) is 29.2 Å². The van der Waals surface area contributed by atoms with E-state index >= 15 is 0 Å². The first-order valence-electron chi connectivity index (χ1n) is 8.62. The van der Waals surface area contributed by atoms with Crippen LogP contribution in [0.5, 0.6) is 0 Å². The molecule has 2 amide bonds. The van der Waals surface area contributed by atoms with Gasteiger partial charge in [0.05, 0.1) is 11.4 Å². The van der Waals surface area contributed by atoms with Crippen LogP contribution in [0.3, 0.4) is 0 Å². The van der Waals surface area contributed by atoms with Gasteiger partial charge in [0.15, 0.2) is 0 Å². The molecule has 1 fully saturated rings.